The lowest BCUT2D eigenvalue weighted by Gasteiger charge is -2.40. The largest absolute Gasteiger partial charge is 0.0978 e. The average molecular weight is 230 g/mol. The molecular formula is C10H14S3. The van der Waals surface area contributed by atoms with Crippen LogP contribution < -0.4 is 0 Å². The molecular weight excluding hydrogens is 216 g/mol. The second-order valence-corrected chi connectivity index (χ2v) is 9.67. The van der Waals surface area contributed by atoms with Gasteiger partial charge in [-0.2, -0.15) is 0 Å². The highest BCUT2D eigenvalue weighted by atomic mass is 33.5. The second-order valence-electron chi connectivity index (χ2n) is 5.00. The van der Waals surface area contributed by atoms with E-state index in [-0.39, 0.29) is 0 Å². The van der Waals surface area contributed by atoms with E-state index in [1.165, 1.54) is 24.8 Å². The number of hydrogen-bond donors (Lipinski definition) is 0. The molecule has 3 fully saturated rings. The first kappa shape index (κ1) is 9.05. The molecule has 0 spiro atoms. The molecule has 72 valence electrons. The summed E-state index contributed by atoms with van der Waals surface area (Å²) >= 11 is 0. The van der Waals surface area contributed by atoms with Crippen LogP contribution in [0.25, 0.3) is 0 Å². The average Bonchev–Trinajstić information content (AvgIpc) is 2.43. The van der Waals surface area contributed by atoms with Crippen molar-refractivity contribution in [3.8, 4) is 0 Å². The summed E-state index contributed by atoms with van der Waals surface area (Å²) in [4.78, 5) is 0. The number of rotatable bonds is 0. The zero-order valence-corrected chi connectivity index (χ0v) is 10.5. The van der Waals surface area contributed by atoms with E-state index in [4.69, 9.17) is 0 Å². The van der Waals surface area contributed by atoms with Crippen molar-refractivity contribution in [2.24, 2.45) is 5.41 Å². The monoisotopic (exact) mass is 230 g/mol. The third-order valence-corrected chi connectivity index (χ3v) is 10.1. The maximum atomic E-state index is 4.37. The summed E-state index contributed by atoms with van der Waals surface area (Å²) in [6.45, 7) is 9.17. The fourth-order valence-electron chi connectivity index (χ4n) is 3.12. The molecule has 0 aromatic heterocycles. The van der Waals surface area contributed by atoms with Crippen molar-refractivity contribution in [2.45, 2.75) is 42.6 Å². The van der Waals surface area contributed by atoms with Gasteiger partial charge >= 0.3 is 0 Å². The van der Waals surface area contributed by atoms with Crippen molar-refractivity contribution < 1.29 is 0 Å². The molecule has 2 aliphatic carbocycles. The number of hydrogen-bond acceptors (Lipinski definition) is 3. The van der Waals surface area contributed by atoms with Gasteiger partial charge in [0.2, 0.25) is 0 Å². The van der Waals surface area contributed by atoms with E-state index in [1.807, 2.05) is 9.83 Å². The highest BCUT2D eigenvalue weighted by Gasteiger charge is 2.69. The van der Waals surface area contributed by atoms with E-state index < -0.39 is 0 Å². The standard InChI is InChI=1S/C10H14S3/c1-7-8(2,3)10-5-4-9(7,6-10)11-13-12-10/h1,4-6H2,2-3H3. The minimum Gasteiger partial charge on any atom is -0.0978 e. The topological polar surface area (TPSA) is 0 Å². The van der Waals surface area contributed by atoms with Crippen LogP contribution in [0.2, 0.25) is 0 Å². The fraction of sp³-hybridized carbons (Fsp3) is 0.800. The van der Waals surface area contributed by atoms with E-state index in [1.54, 1.807) is 0 Å². The Bertz CT molecular complexity index is 285. The van der Waals surface area contributed by atoms with Crippen LogP contribution in [-0.4, -0.2) is 9.49 Å². The van der Waals surface area contributed by atoms with Crippen LogP contribution in [0.3, 0.4) is 0 Å². The Kier molecular flexibility index (Phi) is 1.60. The van der Waals surface area contributed by atoms with Crippen molar-refractivity contribution in [1.29, 1.82) is 0 Å². The van der Waals surface area contributed by atoms with Gasteiger partial charge in [-0.05, 0) is 29.1 Å². The maximum Gasteiger partial charge on any atom is 0.0497 e. The maximum absolute atomic E-state index is 4.37. The molecule has 0 amide bonds. The molecule has 1 aliphatic heterocycles. The Labute approximate surface area is 91.5 Å². The summed E-state index contributed by atoms with van der Waals surface area (Å²) in [7, 11) is 6.21. The first-order chi connectivity index (χ1) is 6.03. The third-order valence-electron chi connectivity index (χ3n) is 4.33. The predicted octanol–water partition coefficient (Wildman–Crippen LogP) is 4.29. The van der Waals surface area contributed by atoms with E-state index in [9.17, 15) is 0 Å². The second kappa shape index (κ2) is 2.30. The third kappa shape index (κ3) is 0.813. The zero-order chi connectivity index (χ0) is 9.32. The Morgan fingerprint density at radius 3 is 2.62 bits per heavy atom. The van der Waals surface area contributed by atoms with Gasteiger partial charge in [-0.1, -0.05) is 47.6 Å². The van der Waals surface area contributed by atoms with Crippen LogP contribution in [0.5, 0.6) is 0 Å². The van der Waals surface area contributed by atoms with Crippen molar-refractivity contribution in [3.05, 3.63) is 12.2 Å². The Hall–Kier alpha value is 0.790. The Balaban J connectivity index is 2.20. The van der Waals surface area contributed by atoms with Crippen LogP contribution in [0.4, 0.5) is 0 Å². The molecule has 2 atom stereocenters. The first-order valence-electron chi connectivity index (χ1n) is 4.76. The Morgan fingerprint density at radius 2 is 2.00 bits per heavy atom. The highest BCUT2D eigenvalue weighted by Crippen LogP contribution is 2.80. The van der Waals surface area contributed by atoms with E-state index in [0.717, 1.165) is 0 Å². The van der Waals surface area contributed by atoms with Crippen LogP contribution in [0.15, 0.2) is 12.2 Å². The van der Waals surface area contributed by atoms with Crippen LogP contribution in [0, 0.1) is 5.41 Å². The zero-order valence-electron chi connectivity index (χ0n) is 8.05. The van der Waals surface area contributed by atoms with Gasteiger partial charge in [0.15, 0.2) is 0 Å². The minimum atomic E-state index is 0.367. The van der Waals surface area contributed by atoms with Gasteiger partial charge in [0.1, 0.15) is 0 Å². The van der Waals surface area contributed by atoms with Crippen LogP contribution >= 0.6 is 31.4 Å². The van der Waals surface area contributed by atoms with Gasteiger partial charge in [-0.3, -0.25) is 0 Å². The van der Waals surface area contributed by atoms with Crippen molar-refractivity contribution in [2.75, 3.05) is 0 Å². The highest BCUT2D eigenvalue weighted by molar-refractivity contribution is 9.10. The minimum absolute atomic E-state index is 0.367. The van der Waals surface area contributed by atoms with Gasteiger partial charge in [0.25, 0.3) is 0 Å². The lowest BCUT2D eigenvalue weighted by atomic mass is 9.72. The van der Waals surface area contributed by atoms with Crippen molar-refractivity contribution >= 4 is 31.4 Å². The summed E-state index contributed by atoms with van der Waals surface area (Å²) in [5.74, 6) is 0. The van der Waals surface area contributed by atoms with Gasteiger partial charge in [-0.25, -0.2) is 0 Å². The molecule has 2 bridgehead atoms. The molecule has 0 N–H and O–H groups in total. The smallest absolute Gasteiger partial charge is 0.0497 e. The van der Waals surface area contributed by atoms with Gasteiger partial charge in [0.05, 0.1) is 0 Å². The molecule has 0 radical (unpaired) electrons. The predicted molar refractivity (Wildman–Crippen MR) is 65.0 cm³/mol. The quantitative estimate of drug-likeness (QED) is 0.450. The summed E-state index contributed by atoms with van der Waals surface area (Å²) in [5.41, 5.74) is 1.89. The van der Waals surface area contributed by atoms with Gasteiger partial charge in [-0.15, -0.1) is 0 Å². The molecule has 0 aromatic rings. The van der Waals surface area contributed by atoms with Crippen LogP contribution in [-0.2, 0) is 0 Å². The molecule has 3 rings (SSSR count). The summed E-state index contributed by atoms with van der Waals surface area (Å²) < 4.78 is 0.986. The lowest BCUT2D eigenvalue weighted by molar-refractivity contribution is 0.330. The first-order valence-corrected chi connectivity index (χ1v) is 8.24. The summed E-state index contributed by atoms with van der Waals surface area (Å²) in [5, 5.41) is 0. The van der Waals surface area contributed by atoms with E-state index in [2.05, 4.69) is 42.0 Å². The molecule has 1 saturated heterocycles. The lowest BCUT2D eigenvalue weighted by Crippen LogP contribution is -2.37. The van der Waals surface area contributed by atoms with Gasteiger partial charge in [0, 0.05) is 14.9 Å². The van der Waals surface area contributed by atoms with E-state index in [0.29, 0.717) is 14.9 Å². The van der Waals surface area contributed by atoms with E-state index >= 15 is 0 Å². The van der Waals surface area contributed by atoms with Crippen molar-refractivity contribution in [3.63, 3.8) is 0 Å². The van der Waals surface area contributed by atoms with Crippen LogP contribution in [0.1, 0.15) is 33.1 Å². The van der Waals surface area contributed by atoms with Crippen molar-refractivity contribution in [1.82, 2.24) is 0 Å². The Morgan fingerprint density at radius 1 is 1.23 bits per heavy atom. The molecule has 0 aromatic carbocycles. The molecule has 0 nitrogen and oxygen atoms in total. The molecule has 3 aliphatic rings. The summed E-state index contributed by atoms with van der Waals surface area (Å²) in [6, 6.07) is 0. The SMILES string of the molecule is C=C1C23CCC(C2)(SSS3)C1(C)C. The normalized spacial score (nSPS) is 51.4. The molecule has 2 unspecified atom stereocenters. The van der Waals surface area contributed by atoms with Gasteiger partial charge < -0.3 is 0 Å². The summed E-state index contributed by atoms with van der Waals surface area (Å²) in [6.07, 6.45) is 4.16. The molecule has 1 heterocycles. The molecule has 3 heteroatoms. The molecule has 13 heavy (non-hydrogen) atoms. The fourth-order valence-corrected chi connectivity index (χ4v) is 10.5. The molecule has 2 saturated carbocycles.